The molecule has 0 aliphatic carbocycles. The van der Waals surface area contributed by atoms with Crippen LogP contribution in [0.4, 0.5) is 4.79 Å². The van der Waals surface area contributed by atoms with Gasteiger partial charge in [-0.15, -0.1) is 0 Å². The van der Waals surface area contributed by atoms with Crippen molar-refractivity contribution in [2.24, 2.45) is 5.41 Å². The van der Waals surface area contributed by atoms with Crippen LogP contribution in [0.3, 0.4) is 0 Å². The van der Waals surface area contributed by atoms with Gasteiger partial charge >= 0.3 is 6.09 Å². The van der Waals surface area contributed by atoms with Gasteiger partial charge in [-0.3, -0.25) is 4.79 Å². The Morgan fingerprint density at radius 2 is 2.25 bits per heavy atom. The summed E-state index contributed by atoms with van der Waals surface area (Å²) in [7, 11) is 0. The summed E-state index contributed by atoms with van der Waals surface area (Å²) in [5.74, 6) is -0.363. The SMILES string of the molecule is CC1(C)CC=CN(C(=O)O)C1=O. The van der Waals surface area contributed by atoms with Crippen molar-refractivity contribution in [1.29, 1.82) is 0 Å². The molecule has 0 unspecified atom stereocenters. The van der Waals surface area contributed by atoms with E-state index in [9.17, 15) is 9.59 Å². The second kappa shape index (κ2) is 2.62. The van der Waals surface area contributed by atoms with Crippen LogP contribution in [0.1, 0.15) is 20.3 Å². The van der Waals surface area contributed by atoms with Gasteiger partial charge in [0.25, 0.3) is 0 Å². The zero-order valence-corrected chi connectivity index (χ0v) is 7.07. The Morgan fingerprint density at radius 1 is 1.67 bits per heavy atom. The molecule has 12 heavy (non-hydrogen) atoms. The maximum Gasteiger partial charge on any atom is 0.418 e. The molecule has 1 aliphatic heterocycles. The second-order valence-electron chi connectivity index (χ2n) is 3.43. The zero-order chi connectivity index (χ0) is 9.35. The molecular formula is C8H11NO3. The highest BCUT2D eigenvalue weighted by Crippen LogP contribution is 2.27. The van der Waals surface area contributed by atoms with Crippen molar-refractivity contribution in [2.75, 3.05) is 0 Å². The quantitative estimate of drug-likeness (QED) is 0.596. The molecule has 4 nitrogen and oxygen atoms in total. The molecule has 0 aromatic heterocycles. The number of allylic oxidation sites excluding steroid dienone is 1. The van der Waals surface area contributed by atoms with Gasteiger partial charge in [0, 0.05) is 11.6 Å². The Labute approximate surface area is 70.5 Å². The summed E-state index contributed by atoms with van der Waals surface area (Å²) in [6.07, 6.45) is 2.37. The van der Waals surface area contributed by atoms with Gasteiger partial charge in [-0.2, -0.15) is 0 Å². The maximum atomic E-state index is 11.4. The summed E-state index contributed by atoms with van der Waals surface area (Å²) in [5.41, 5.74) is -0.590. The van der Waals surface area contributed by atoms with Crippen LogP contribution >= 0.6 is 0 Å². The number of carbonyl (C=O) groups is 2. The van der Waals surface area contributed by atoms with Crippen LogP contribution in [-0.4, -0.2) is 22.0 Å². The number of imide groups is 1. The second-order valence-corrected chi connectivity index (χ2v) is 3.43. The lowest BCUT2D eigenvalue weighted by atomic mass is 9.86. The topological polar surface area (TPSA) is 57.6 Å². The number of hydrogen-bond acceptors (Lipinski definition) is 2. The Bertz CT molecular complexity index is 255. The van der Waals surface area contributed by atoms with E-state index in [1.165, 1.54) is 6.20 Å². The van der Waals surface area contributed by atoms with E-state index in [4.69, 9.17) is 5.11 Å². The third kappa shape index (κ3) is 1.32. The van der Waals surface area contributed by atoms with E-state index in [0.29, 0.717) is 6.42 Å². The number of carboxylic acid groups (broad SMARTS) is 1. The lowest BCUT2D eigenvalue weighted by Gasteiger charge is -2.29. The molecular weight excluding hydrogens is 158 g/mol. The van der Waals surface area contributed by atoms with Crippen molar-refractivity contribution in [3.63, 3.8) is 0 Å². The first-order valence-electron chi connectivity index (χ1n) is 3.68. The fraction of sp³-hybridized carbons (Fsp3) is 0.500. The van der Waals surface area contributed by atoms with Crippen LogP contribution in [0, 0.1) is 5.41 Å². The molecule has 66 valence electrons. The monoisotopic (exact) mass is 169 g/mol. The molecule has 0 spiro atoms. The Balaban J connectivity index is 2.94. The maximum absolute atomic E-state index is 11.4. The number of nitrogens with zero attached hydrogens (tertiary/aromatic N) is 1. The van der Waals surface area contributed by atoms with Crippen molar-refractivity contribution >= 4 is 12.0 Å². The number of amides is 2. The lowest BCUT2D eigenvalue weighted by molar-refractivity contribution is -0.136. The van der Waals surface area contributed by atoms with Gasteiger partial charge in [0.15, 0.2) is 0 Å². The smallest absolute Gasteiger partial charge is 0.418 e. The predicted molar refractivity (Wildman–Crippen MR) is 42.4 cm³/mol. The standard InChI is InChI=1S/C8H11NO3/c1-8(2)4-3-5-9(6(8)10)7(11)12/h3,5H,4H2,1-2H3,(H,11,12). The predicted octanol–water partition coefficient (Wildman–Crippen LogP) is 1.44. The first-order chi connectivity index (χ1) is 5.45. The van der Waals surface area contributed by atoms with Gasteiger partial charge < -0.3 is 5.11 Å². The first kappa shape index (κ1) is 8.77. The molecule has 1 N–H and O–H groups in total. The van der Waals surface area contributed by atoms with Crippen molar-refractivity contribution in [3.8, 4) is 0 Å². The number of carbonyl (C=O) groups excluding carboxylic acids is 1. The van der Waals surface area contributed by atoms with E-state index >= 15 is 0 Å². The highest BCUT2D eigenvalue weighted by molar-refractivity contribution is 5.96. The summed E-state index contributed by atoms with van der Waals surface area (Å²) in [6.45, 7) is 3.46. The van der Waals surface area contributed by atoms with Crippen LogP contribution in [-0.2, 0) is 4.79 Å². The van der Waals surface area contributed by atoms with Gasteiger partial charge in [-0.25, -0.2) is 9.69 Å². The van der Waals surface area contributed by atoms with Gasteiger partial charge in [-0.1, -0.05) is 19.9 Å². The minimum absolute atomic E-state index is 0.363. The van der Waals surface area contributed by atoms with Crippen LogP contribution in [0.2, 0.25) is 0 Å². The van der Waals surface area contributed by atoms with E-state index in [-0.39, 0.29) is 5.91 Å². The van der Waals surface area contributed by atoms with E-state index in [2.05, 4.69) is 0 Å². The van der Waals surface area contributed by atoms with Crippen molar-refractivity contribution < 1.29 is 14.7 Å². The number of hydrogen-bond donors (Lipinski definition) is 1. The molecule has 0 radical (unpaired) electrons. The first-order valence-corrected chi connectivity index (χ1v) is 3.68. The highest BCUT2D eigenvalue weighted by atomic mass is 16.4. The summed E-state index contributed by atoms with van der Waals surface area (Å²) < 4.78 is 0. The Kier molecular flexibility index (Phi) is 1.92. The normalized spacial score (nSPS) is 21.2. The minimum Gasteiger partial charge on any atom is -0.464 e. The fourth-order valence-electron chi connectivity index (χ4n) is 1.08. The summed E-state index contributed by atoms with van der Waals surface area (Å²) in [4.78, 5) is 22.6. The fourth-order valence-corrected chi connectivity index (χ4v) is 1.08. The van der Waals surface area contributed by atoms with Gasteiger partial charge in [0.1, 0.15) is 0 Å². The minimum atomic E-state index is -1.22. The van der Waals surface area contributed by atoms with Crippen molar-refractivity contribution in [2.45, 2.75) is 20.3 Å². The zero-order valence-electron chi connectivity index (χ0n) is 7.07. The summed E-state index contributed by atoms with van der Waals surface area (Å²) in [6, 6.07) is 0. The summed E-state index contributed by atoms with van der Waals surface area (Å²) in [5, 5.41) is 8.59. The van der Waals surface area contributed by atoms with Crippen molar-refractivity contribution in [1.82, 2.24) is 4.90 Å². The number of rotatable bonds is 0. The van der Waals surface area contributed by atoms with E-state index in [0.717, 1.165) is 4.90 Å². The summed E-state index contributed by atoms with van der Waals surface area (Å²) >= 11 is 0. The van der Waals surface area contributed by atoms with Gasteiger partial charge in [0.2, 0.25) is 5.91 Å². The van der Waals surface area contributed by atoms with Gasteiger partial charge in [0.05, 0.1) is 0 Å². The van der Waals surface area contributed by atoms with Crippen LogP contribution < -0.4 is 0 Å². The molecule has 1 rings (SSSR count). The van der Waals surface area contributed by atoms with Crippen LogP contribution in [0.15, 0.2) is 12.3 Å². The molecule has 0 saturated heterocycles. The Hall–Kier alpha value is -1.32. The van der Waals surface area contributed by atoms with Crippen LogP contribution in [0.25, 0.3) is 0 Å². The third-order valence-corrected chi connectivity index (χ3v) is 1.89. The molecule has 0 bridgehead atoms. The van der Waals surface area contributed by atoms with E-state index in [1.807, 2.05) is 0 Å². The lowest BCUT2D eigenvalue weighted by Crippen LogP contribution is -2.42. The molecule has 0 aromatic rings. The van der Waals surface area contributed by atoms with Gasteiger partial charge in [-0.05, 0) is 6.42 Å². The van der Waals surface area contributed by atoms with Crippen LogP contribution in [0.5, 0.6) is 0 Å². The molecule has 0 saturated carbocycles. The molecule has 0 aromatic carbocycles. The largest absolute Gasteiger partial charge is 0.464 e. The average Bonchev–Trinajstić information content (AvgIpc) is 1.94. The molecule has 0 fully saturated rings. The van der Waals surface area contributed by atoms with Crippen molar-refractivity contribution in [3.05, 3.63) is 12.3 Å². The van der Waals surface area contributed by atoms with E-state index < -0.39 is 11.5 Å². The average molecular weight is 169 g/mol. The molecule has 4 heteroatoms. The molecule has 1 heterocycles. The molecule has 0 atom stereocenters. The third-order valence-electron chi connectivity index (χ3n) is 1.89. The highest BCUT2D eigenvalue weighted by Gasteiger charge is 2.35. The molecule has 2 amide bonds. The Morgan fingerprint density at radius 3 is 2.67 bits per heavy atom. The molecule has 1 aliphatic rings. The van der Waals surface area contributed by atoms with E-state index in [1.54, 1.807) is 19.9 Å².